The first-order valence-corrected chi connectivity index (χ1v) is 7.85. The third-order valence-electron chi connectivity index (χ3n) is 3.90. The molecule has 0 saturated heterocycles. The molecule has 0 fully saturated rings. The zero-order valence-corrected chi connectivity index (χ0v) is 14.4. The Morgan fingerprint density at radius 3 is 2.64 bits per heavy atom. The van der Waals surface area contributed by atoms with Crippen LogP contribution in [-0.4, -0.2) is 25.9 Å². The van der Waals surface area contributed by atoms with Gasteiger partial charge in [-0.15, -0.1) is 0 Å². The fourth-order valence-corrected chi connectivity index (χ4v) is 2.68. The van der Waals surface area contributed by atoms with E-state index in [0.717, 1.165) is 22.6 Å². The number of aromatic nitrogens is 4. The first-order chi connectivity index (χ1) is 11.9. The minimum absolute atomic E-state index is 0.0725. The van der Waals surface area contributed by atoms with E-state index < -0.39 is 5.91 Å². The number of nitrogen functional groups attached to an aromatic ring is 1. The number of rotatable bonds is 4. The molecule has 2 heterocycles. The maximum Gasteiger partial charge on any atom is 0.271 e. The molecule has 25 heavy (non-hydrogen) atoms. The van der Waals surface area contributed by atoms with Crippen LogP contribution in [0.5, 0.6) is 0 Å². The number of hydrogen-bond acceptors (Lipinski definition) is 4. The standard InChI is InChI=1S/C16H16ClFN6O/c1-8-12(7-20-16(25)14-13(17)15(19)22-21-14)9(2)24(23-8)11-5-3-10(18)4-6-11/h3-6H,7H2,1-2H3,(H,20,25)(H3,19,21,22). The van der Waals surface area contributed by atoms with E-state index in [1.165, 1.54) is 12.1 Å². The van der Waals surface area contributed by atoms with E-state index in [9.17, 15) is 9.18 Å². The van der Waals surface area contributed by atoms with Gasteiger partial charge in [-0.1, -0.05) is 11.6 Å². The van der Waals surface area contributed by atoms with Gasteiger partial charge in [0.25, 0.3) is 5.91 Å². The van der Waals surface area contributed by atoms with Crippen molar-refractivity contribution in [2.45, 2.75) is 20.4 Å². The lowest BCUT2D eigenvalue weighted by Gasteiger charge is -2.07. The summed E-state index contributed by atoms with van der Waals surface area (Å²) >= 11 is 5.92. The van der Waals surface area contributed by atoms with Gasteiger partial charge in [-0.25, -0.2) is 9.07 Å². The molecule has 3 rings (SSSR count). The predicted molar refractivity (Wildman–Crippen MR) is 92.2 cm³/mol. The summed E-state index contributed by atoms with van der Waals surface area (Å²) in [6, 6.07) is 6.03. The first kappa shape index (κ1) is 17.0. The van der Waals surface area contributed by atoms with Crippen molar-refractivity contribution in [1.82, 2.24) is 25.3 Å². The zero-order chi connectivity index (χ0) is 18.1. The van der Waals surface area contributed by atoms with Crippen LogP contribution in [0.2, 0.25) is 5.02 Å². The van der Waals surface area contributed by atoms with Crippen LogP contribution in [0.1, 0.15) is 27.4 Å². The summed E-state index contributed by atoms with van der Waals surface area (Å²) in [6.07, 6.45) is 0. The number of aryl methyl sites for hydroxylation is 1. The van der Waals surface area contributed by atoms with Crippen molar-refractivity contribution in [3.63, 3.8) is 0 Å². The Balaban J connectivity index is 1.80. The van der Waals surface area contributed by atoms with Crippen LogP contribution < -0.4 is 11.1 Å². The molecule has 0 saturated carbocycles. The van der Waals surface area contributed by atoms with Crippen molar-refractivity contribution in [2.75, 3.05) is 5.73 Å². The van der Waals surface area contributed by atoms with Gasteiger partial charge in [0.05, 0.1) is 11.4 Å². The quantitative estimate of drug-likeness (QED) is 0.663. The Kier molecular flexibility index (Phi) is 4.45. The molecule has 1 amide bonds. The normalized spacial score (nSPS) is 10.9. The predicted octanol–water partition coefficient (Wildman–Crippen LogP) is 2.52. The number of nitrogens with two attached hydrogens (primary N) is 1. The number of H-pyrrole nitrogens is 1. The highest BCUT2D eigenvalue weighted by molar-refractivity contribution is 6.35. The van der Waals surface area contributed by atoms with Crippen LogP contribution in [0.25, 0.3) is 5.69 Å². The zero-order valence-electron chi connectivity index (χ0n) is 13.6. The monoisotopic (exact) mass is 362 g/mol. The lowest BCUT2D eigenvalue weighted by molar-refractivity contribution is 0.0946. The SMILES string of the molecule is Cc1nn(-c2ccc(F)cc2)c(C)c1CNC(=O)c1[nH]nc(N)c1Cl. The molecule has 0 aliphatic heterocycles. The lowest BCUT2D eigenvalue weighted by Crippen LogP contribution is -2.24. The van der Waals surface area contributed by atoms with Crippen LogP contribution in [0.15, 0.2) is 24.3 Å². The van der Waals surface area contributed by atoms with Gasteiger partial charge in [-0.3, -0.25) is 9.89 Å². The number of aromatic amines is 1. The molecule has 2 aromatic heterocycles. The molecular formula is C16H16ClFN6O. The smallest absolute Gasteiger partial charge is 0.271 e. The Morgan fingerprint density at radius 2 is 2.04 bits per heavy atom. The molecular weight excluding hydrogens is 347 g/mol. The van der Waals surface area contributed by atoms with E-state index in [1.54, 1.807) is 16.8 Å². The summed E-state index contributed by atoms with van der Waals surface area (Å²) < 4.78 is 14.8. The van der Waals surface area contributed by atoms with Gasteiger partial charge in [0.1, 0.15) is 16.5 Å². The summed E-state index contributed by atoms with van der Waals surface area (Å²) in [4.78, 5) is 12.2. The van der Waals surface area contributed by atoms with Crippen molar-refractivity contribution in [3.05, 3.63) is 57.8 Å². The van der Waals surface area contributed by atoms with E-state index in [-0.39, 0.29) is 28.9 Å². The van der Waals surface area contributed by atoms with Gasteiger partial charge in [0.15, 0.2) is 5.82 Å². The first-order valence-electron chi connectivity index (χ1n) is 7.47. The summed E-state index contributed by atoms with van der Waals surface area (Å²) in [5, 5.41) is 13.5. The molecule has 7 nitrogen and oxygen atoms in total. The van der Waals surface area contributed by atoms with E-state index >= 15 is 0 Å². The number of halogens is 2. The molecule has 4 N–H and O–H groups in total. The number of nitrogens with one attached hydrogen (secondary N) is 2. The number of carbonyl (C=O) groups is 1. The van der Waals surface area contributed by atoms with Gasteiger partial charge in [-0.2, -0.15) is 10.2 Å². The van der Waals surface area contributed by atoms with Gasteiger partial charge in [-0.05, 0) is 38.1 Å². The van der Waals surface area contributed by atoms with Crippen molar-refractivity contribution in [2.24, 2.45) is 0 Å². The van der Waals surface area contributed by atoms with E-state index in [0.29, 0.717) is 0 Å². The molecule has 0 bridgehead atoms. The topological polar surface area (TPSA) is 102 Å². The highest BCUT2D eigenvalue weighted by Crippen LogP contribution is 2.21. The number of nitrogens with zero attached hydrogens (tertiary/aromatic N) is 3. The minimum atomic E-state index is -0.414. The third-order valence-corrected chi connectivity index (χ3v) is 4.28. The van der Waals surface area contributed by atoms with Crippen molar-refractivity contribution >= 4 is 23.3 Å². The van der Waals surface area contributed by atoms with Gasteiger partial charge in [0.2, 0.25) is 0 Å². The summed E-state index contributed by atoms with van der Waals surface area (Å²) in [5.74, 6) is -0.653. The molecule has 130 valence electrons. The number of carbonyl (C=O) groups excluding carboxylic acids is 1. The highest BCUT2D eigenvalue weighted by Gasteiger charge is 2.18. The molecule has 9 heteroatoms. The number of benzene rings is 1. The molecule has 0 unspecified atom stereocenters. The summed E-state index contributed by atoms with van der Waals surface area (Å²) in [6.45, 7) is 3.98. The van der Waals surface area contributed by atoms with Crippen LogP contribution in [0, 0.1) is 19.7 Å². The van der Waals surface area contributed by atoms with Crippen molar-refractivity contribution in [1.29, 1.82) is 0 Å². The van der Waals surface area contributed by atoms with Crippen molar-refractivity contribution in [3.8, 4) is 5.69 Å². The molecule has 0 aliphatic carbocycles. The van der Waals surface area contributed by atoms with E-state index in [4.69, 9.17) is 17.3 Å². The van der Waals surface area contributed by atoms with Gasteiger partial charge in [0, 0.05) is 17.8 Å². The average Bonchev–Trinajstić information content (AvgIpc) is 3.06. The fraction of sp³-hybridized carbons (Fsp3) is 0.188. The highest BCUT2D eigenvalue weighted by atomic mass is 35.5. The number of amides is 1. The maximum atomic E-state index is 13.1. The van der Waals surface area contributed by atoms with Gasteiger partial charge >= 0.3 is 0 Å². The van der Waals surface area contributed by atoms with Crippen LogP contribution >= 0.6 is 11.6 Å². The minimum Gasteiger partial charge on any atom is -0.381 e. The van der Waals surface area contributed by atoms with Crippen molar-refractivity contribution < 1.29 is 9.18 Å². The molecule has 1 aromatic carbocycles. The Bertz CT molecular complexity index is 931. The molecule has 0 radical (unpaired) electrons. The van der Waals surface area contributed by atoms with Gasteiger partial charge < -0.3 is 11.1 Å². The molecule has 0 aliphatic rings. The lowest BCUT2D eigenvalue weighted by atomic mass is 10.2. The summed E-state index contributed by atoms with van der Waals surface area (Å²) in [7, 11) is 0. The van der Waals surface area contributed by atoms with Crippen LogP contribution in [0.4, 0.5) is 10.2 Å². The van der Waals surface area contributed by atoms with E-state index in [2.05, 4.69) is 20.6 Å². The van der Waals surface area contributed by atoms with Crippen LogP contribution in [0.3, 0.4) is 0 Å². The Morgan fingerprint density at radius 1 is 1.36 bits per heavy atom. The summed E-state index contributed by atoms with van der Waals surface area (Å²) in [5.41, 5.74) is 8.84. The molecule has 0 spiro atoms. The number of anilines is 1. The van der Waals surface area contributed by atoms with E-state index in [1.807, 2.05) is 13.8 Å². The Labute approximate surface area is 148 Å². The Hall–Kier alpha value is -2.87. The molecule has 0 atom stereocenters. The number of hydrogen-bond donors (Lipinski definition) is 3. The van der Waals surface area contributed by atoms with Crippen LogP contribution in [-0.2, 0) is 6.54 Å². The second-order valence-corrected chi connectivity index (χ2v) is 5.90. The average molecular weight is 363 g/mol. The maximum absolute atomic E-state index is 13.1. The second-order valence-electron chi connectivity index (χ2n) is 5.52. The molecule has 3 aromatic rings. The fourth-order valence-electron chi connectivity index (χ4n) is 2.51. The third kappa shape index (κ3) is 3.20. The largest absolute Gasteiger partial charge is 0.381 e. The second kappa shape index (κ2) is 6.56.